The minimum atomic E-state index is -0.345. The summed E-state index contributed by atoms with van der Waals surface area (Å²) in [4.78, 5) is 10.7. The number of tetrazole rings is 1. The molecule has 60 valence electrons. The van der Waals surface area contributed by atoms with E-state index < -0.39 is 0 Å². The molecule has 0 aliphatic rings. The second kappa shape index (κ2) is 3.09. The van der Waals surface area contributed by atoms with Crippen LogP contribution in [0.2, 0.25) is 0 Å². The lowest BCUT2D eigenvalue weighted by Gasteiger charge is -1.95. The van der Waals surface area contributed by atoms with Crippen LogP contribution in [-0.2, 0) is 23.0 Å². The number of hydrogen-bond acceptors (Lipinski definition) is 5. The lowest BCUT2D eigenvalue weighted by Crippen LogP contribution is -2.09. The highest BCUT2D eigenvalue weighted by atomic mass is 16.5. The third-order valence-electron chi connectivity index (χ3n) is 1.24. The van der Waals surface area contributed by atoms with Gasteiger partial charge in [0.2, 0.25) is 0 Å². The van der Waals surface area contributed by atoms with Crippen molar-refractivity contribution in [1.29, 1.82) is 0 Å². The van der Waals surface area contributed by atoms with Crippen molar-refractivity contribution in [2.24, 2.45) is 7.05 Å². The fourth-order valence-corrected chi connectivity index (χ4v) is 0.599. The van der Waals surface area contributed by atoms with Crippen molar-refractivity contribution in [3.63, 3.8) is 0 Å². The molecule has 0 saturated heterocycles. The molecule has 0 spiro atoms. The van der Waals surface area contributed by atoms with Crippen LogP contribution in [0.25, 0.3) is 0 Å². The average Bonchev–Trinajstić information content (AvgIpc) is 2.37. The molecule has 0 aromatic carbocycles. The molecule has 0 bridgehead atoms. The second-order valence-electron chi connectivity index (χ2n) is 1.97. The van der Waals surface area contributed by atoms with Gasteiger partial charge in [0.25, 0.3) is 0 Å². The normalized spacial score (nSPS) is 9.64. The van der Waals surface area contributed by atoms with Gasteiger partial charge in [-0.3, -0.25) is 4.79 Å². The number of carbonyl (C=O) groups excluding carboxylic acids is 1. The maximum Gasteiger partial charge on any atom is 0.313 e. The molecule has 0 fully saturated rings. The lowest BCUT2D eigenvalue weighted by molar-refractivity contribution is -0.139. The van der Waals surface area contributed by atoms with E-state index in [-0.39, 0.29) is 12.4 Å². The van der Waals surface area contributed by atoms with Crippen molar-refractivity contribution in [3.05, 3.63) is 5.82 Å². The lowest BCUT2D eigenvalue weighted by atomic mass is 10.4. The summed E-state index contributed by atoms with van der Waals surface area (Å²) in [5, 5.41) is 10.5. The fraction of sp³-hybridized carbons (Fsp3) is 0.600. The van der Waals surface area contributed by atoms with E-state index in [1.807, 2.05) is 0 Å². The quantitative estimate of drug-likeness (QED) is 0.510. The summed E-state index contributed by atoms with van der Waals surface area (Å²) >= 11 is 0. The predicted molar refractivity (Wildman–Crippen MR) is 34.5 cm³/mol. The average molecular weight is 156 g/mol. The first kappa shape index (κ1) is 7.64. The molecular weight excluding hydrogens is 148 g/mol. The number of aromatic nitrogens is 4. The summed E-state index contributed by atoms with van der Waals surface area (Å²) in [6, 6.07) is 0. The third-order valence-corrected chi connectivity index (χ3v) is 1.24. The van der Waals surface area contributed by atoms with Crippen molar-refractivity contribution in [2.45, 2.75) is 6.42 Å². The van der Waals surface area contributed by atoms with Gasteiger partial charge in [-0.25, -0.2) is 4.68 Å². The molecule has 0 saturated carbocycles. The Labute approximate surface area is 63.1 Å². The number of esters is 1. The minimum absolute atomic E-state index is 0.111. The van der Waals surface area contributed by atoms with Crippen molar-refractivity contribution < 1.29 is 9.53 Å². The van der Waals surface area contributed by atoms with Crippen molar-refractivity contribution in [1.82, 2.24) is 20.2 Å². The maximum atomic E-state index is 10.7. The highest BCUT2D eigenvalue weighted by Gasteiger charge is 2.07. The van der Waals surface area contributed by atoms with Crippen molar-refractivity contribution in [2.75, 3.05) is 7.11 Å². The van der Waals surface area contributed by atoms with E-state index >= 15 is 0 Å². The van der Waals surface area contributed by atoms with Gasteiger partial charge in [-0.1, -0.05) is 0 Å². The van der Waals surface area contributed by atoms with Crippen molar-refractivity contribution >= 4 is 5.97 Å². The first-order valence-electron chi connectivity index (χ1n) is 3.02. The number of rotatable bonds is 2. The molecule has 0 aliphatic heterocycles. The molecule has 11 heavy (non-hydrogen) atoms. The van der Waals surface area contributed by atoms with Gasteiger partial charge >= 0.3 is 5.97 Å². The monoisotopic (exact) mass is 156 g/mol. The van der Waals surface area contributed by atoms with E-state index in [0.29, 0.717) is 5.82 Å². The number of ether oxygens (including phenoxy) is 1. The number of carbonyl (C=O) groups is 1. The van der Waals surface area contributed by atoms with Gasteiger partial charge in [-0.2, -0.15) is 0 Å². The van der Waals surface area contributed by atoms with Crippen LogP contribution in [-0.4, -0.2) is 33.3 Å². The molecule has 0 N–H and O–H groups in total. The van der Waals surface area contributed by atoms with Crippen LogP contribution in [0.3, 0.4) is 0 Å². The van der Waals surface area contributed by atoms with Crippen molar-refractivity contribution in [3.8, 4) is 0 Å². The minimum Gasteiger partial charge on any atom is -0.469 e. The van der Waals surface area contributed by atoms with E-state index in [9.17, 15) is 4.79 Å². The van der Waals surface area contributed by atoms with Gasteiger partial charge < -0.3 is 4.74 Å². The molecule has 0 radical (unpaired) electrons. The molecule has 1 rings (SSSR count). The summed E-state index contributed by atoms with van der Waals surface area (Å²) in [7, 11) is 2.99. The fourth-order valence-electron chi connectivity index (χ4n) is 0.599. The Balaban J connectivity index is 2.64. The standard InChI is InChI=1S/C5H8N4O2/c1-9-4(6-7-8-9)3-5(10)11-2/h3H2,1-2H3. The van der Waals surface area contributed by atoms with E-state index in [1.165, 1.54) is 11.8 Å². The summed E-state index contributed by atoms with van der Waals surface area (Å²) < 4.78 is 5.86. The second-order valence-corrected chi connectivity index (χ2v) is 1.97. The molecule has 0 aliphatic carbocycles. The molecule has 6 heteroatoms. The van der Waals surface area contributed by atoms with E-state index in [4.69, 9.17) is 0 Å². The van der Waals surface area contributed by atoms with Crippen LogP contribution in [0.15, 0.2) is 0 Å². The Hall–Kier alpha value is -1.46. The van der Waals surface area contributed by atoms with E-state index in [0.717, 1.165) is 0 Å². The zero-order valence-corrected chi connectivity index (χ0v) is 6.31. The molecule has 1 aromatic heterocycles. The summed E-state index contributed by atoms with van der Waals surface area (Å²) in [5.41, 5.74) is 0. The molecule has 0 atom stereocenters. The van der Waals surface area contributed by atoms with Gasteiger partial charge in [0.1, 0.15) is 6.42 Å². The highest BCUT2D eigenvalue weighted by Crippen LogP contribution is 1.91. The molecule has 0 unspecified atom stereocenters. The van der Waals surface area contributed by atoms with Gasteiger partial charge in [-0.15, -0.1) is 5.10 Å². The Bertz CT molecular complexity index is 257. The molecule has 1 heterocycles. The van der Waals surface area contributed by atoms with Crippen LogP contribution in [0.4, 0.5) is 0 Å². The van der Waals surface area contributed by atoms with Crippen LogP contribution < -0.4 is 0 Å². The van der Waals surface area contributed by atoms with Gasteiger partial charge in [0, 0.05) is 7.05 Å². The third kappa shape index (κ3) is 1.73. The van der Waals surface area contributed by atoms with Gasteiger partial charge in [-0.05, 0) is 10.4 Å². The summed E-state index contributed by atoms with van der Waals surface area (Å²) in [6.07, 6.45) is 0.111. The summed E-state index contributed by atoms with van der Waals surface area (Å²) in [6.45, 7) is 0. The van der Waals surface area contributed by atoms with Crippen LogP contribution in [0.5, 0.6) is 0 Å². The topological polar surface area (TPSA) is 69.9 Å². The first-order chi connectivity index (χ1) is 5.24. The summed E-state index contributed by atoms with van der Waals surface area (Å²) in [5.74, 6) is 0.153. The van der Waals surface area contributed by atoms with Gasteiger partial charge in [0.15, 0.2) is 5.82 Å². The Morgan fingerprint density at radius 1 is 1.73 bits per heavy atom. The smallest absolute Gasteiger partial charge is 0.313 e. The number of methoxy groups -OCH3 is 1. The molecule has 1 aromatic rings. The largest absolute Gasteiger partial charge is 0.469 e. The Morgan fingerprint density at radius 2 is 2.45 bits per heavy atom. The zero-order chi connectivity index (χ0) is 8.27. The number of aryl methyl sites for hydroxylation is 1. The predicted octanol–water partition coefficient (Wildman–Crippen LogP) is -1.07. The van der Waals surface area contributed by atoms with Crippen LogP contribution >= 0.6 is 0 Å². The van der Waals surface area contributed by atoms with Crippen LogP contribution in [0, 0.1) is 0 Å². The zero-order valence-electron chi connectivity index (χ0n) is 6.31. The highest BCUT2D eigenvalue weighted by molar-refractivity contribution is 5.71. The van der Waals surface area contributed by atoms with E-state index in [1.54, 1.807) is 7.05 Å². The molecule has 6 nitrogen and oxygen atoms in total. The molecule has 0 amide bonds. The Morgan fingerprint density at radius 3 is 2.91 bits per heavy atom. The SMILES string of the molecule is COC(=O)Cc1nnnn1C. The number of hydrogen-bond donors (Lipinski definition) is 0. The number of nitrogens with zero attached hydrogens (tertiary/aromatic N) is 4. The molecular formula is C5H8N4O2. The van der Waals surface area contributed by atoms with Gasteiger partial charge in [0.05, 0.1) is 7.11 Å². The maximum absolute atomic E-state index is 10.7. The van der Waals surface area contributed by atoms with E-state index in [2.05, 4.69) is 20.3 Å². The van der Waals surface area contributed by atoms with Crippen LogP contribution in [0.1, 0.15) is 5.82 Å². The Kier molecular flexibility index (Phi) is 2.15. The first-order valence-corrected chi connectivity index (χ1v) is 3.02.